The molecule has 0 amide bonds. The fraction of sp³-hybridized carbons (Fsp3) is 0.667. The molecule has 1 aromatic rings. The van der Waals surface area contributed by atoms with Gasteiger partial charge >= 0.3 is 0 Å². The molecule has 4 unspecified atom stereocenters. The third kappa shape index (κ3) is 5.89. The van der Waals surface area contributed by atoms with E-state index in [9.17, 15) is 8.78 Å². The smallest absolute Gasteiger partial charge is 0.200 e. The van der Waals surface area contributed by atoms with Crippen molar-refractivity contribution in [1.29, 1.82) is 0 Å². The van der Waals surface area contributed by atoms with Crippen molar-refractivity contribution in [3.63, 3.8) is 0 Å². The molecular weight excluding hydrogens is 414 g/mol. The van der Waals surface area contributed by atoms with E-state index in [1.807, 2.05) is 0 Å². The Labute approximate surface area is 199 Å². The molecule has 3 aliphatic carbocycles. The highest BCUT2D eigenvalue weighted by atomic mass is 19.2. The van der Waals surface area contributed by atoms with Gasteiger partial charge in [0.2, 0.25) is 5.82 Å². The Balaban J connectivity index is 1.27. The van der Waals surface area contributed by atoms with E-state index in [1.165, 1.54) is 57.4 Å². The molecule has 0 aliphatic heterocycles. The van der Waals surface area contributed by atoms with Crippen molar-refractivity contribution in [2.45, 2.75) is 89.9 Å². The molecule has 0 bridgehead atoms. The lowest BCUT2D eigenvalue weighted by atomic mass is 9.60. The summed E-state index contributed by atoms with van der Waals surface area (Å²) in [6, 6.07) is 3.32. The van der Waals surface area contributed by atoms with Gasteiger partial charge in [-0.05, 0) is 125 Å². The number of hydrogen-bond acceptors (Lipinski definition) is 1. The molecule has 0 saturated heterocycles. The van der Waals surface area contributed by atoms with E-state index in [0.29, 0.717) is 5.56 Å². The summed E-state index contributed by atoms with van der Waals surface area (Å²) in [4.78, 5) is 0. The van der Waals surface area contributed by atoms with Crippen LogP contribution < -0.4 is 4.74 Å². The summed E-state index contributed by atoms with van der Waals surface area (Å²) in [5.74, 6) is 3.02. The molecule has 3 heteroatoms. The maximum atomic E-state index is 14.8. The third-order valence-corrected chi connectivity index (χ3v) is 9.05. The summed E-state index contributed by atoms with van der Waals surface area (Å²) >= 11 is 0. The lowest BCUT2D eigenvalue weighted by molar-refractivity contribution is 0.0620. The molecule has 0 heterocycles. The number of ether oxygens (including phenoxy) is 1. The first-order valence-electron chi connectivity index (χ1n) is 13.4. The van der Waals surface area contributed by atoms with Crippen molar-refractivity contribution in [2.24, 2.45) is 29.6 Å². The maximum absolute atomic E-state index is 14.8. The molecule has 0 radical (unpaired) electrons. The Morgan fingerprint density at radius 3 is 2.27 bits per heavy atom. The van der Waals surface area contributed by atoms with E-state index in [4.69, 9.17) is 4.74 Å². The van der Waals surface area contributed by atoms with Gasteiger partial charge in [0.05, 0.1) is 0 Å². The zero-order valence-electron chi connectivity index (χ0n) is 20.4. The lowest BCUT2D eigenvalue weighted by Crippen LogP contribution is -2.34. The van der Waals surface area contributed by atoms with Gasteiger partial charge < -0.3 is 4.74 Å². The zero-order valence-corrected chi connectivity index (χ0v) is 20.4. The number of allylic oxidation sites excluding steroid dienone is 2. The highest BCUT2D eigenvalue weighted by Crippen LogP contribution is 2.50. The second-order valence-electron chi connectivity index (χ2n) is 10.9. The van der Waals surface area contributed by atoms with E-state index in [2.05, 4.69) is 25.7 Å². The molecule has 4 atom stereocenters. The number of fused-ring (bicyclic) bond motifs is 1. The average molecular weight is 457 g/mol. The van der Waals surface area contributed by atoms with Gasteiger partial charge in [0.15, 0.2) is 11.6 Å². The third-order valence-electron chi connectivity index (χ3n) is 9.05. The quantitative estimate of drug-likeness (QED) is 0.355. The molecule has 3 aliphatic rings. The predicted molar refractivity (Wildman–Crippen MR) is 132 cm³/mol. The molecule has 4 rings (SSSR count). The van der Waals surface area contributed by atoms with Crippen molar-refractivity contribution >= 4 is 0 Å². The van der Waals surface area contributed by atoms with Crippen molar-refractivity contribution in [2.75, 3.05) is 6.61 Å². The highest BCUT2D eigenvalue weighted by Gasteiger charge is 2.39. The Morgan fingerprint density at radius 2 is 1.55 bits per heavy atom. The minimum atomic E-state index is -0.851. The molecule has 3 fully saturated rings. The molecular formula is C30H42F2O. The molecule has 3 saturated carbocycles. The molecule has 33 heavy (non-hydrogen) atoms. The number of hydrogen-bond donors (Lipinski definition) is 0. The van der Waals surface area contributed by atoms with Crippen LogP contribution in [0.1, 0.15) is 95.5 Å². The lowest BCUT2D eigenvalue weighted by Gasteiger charge is -2.45. The van der Waals surface area contributed by atoms with Crippen LogP contribution in [0.4, 0.5) is 8.78 Å². The fourth-order valence-corrected chi connectivity index (χ4v) is 7.24. The molecule has 1 nitrogen and oxygen atoms in total. The fourth-order valence-electron chi connectivity index (χ4n) is 7.24. The summed E-state index contributed by atoms with van der Waals surface area (Å²) < 4.78 is 34.4. The van der Waals surface area contributed by atoms with Crippen LogP contribution in [0.5, 0.6) is 5.75 Å². The van der Waals surface area contributed by atoms with Gasteiger partial charge in [0, 0.05) is 0 Å². The monoisotopic (exact) mass is 456 g/mol. The first-order valence-corrected chi connectivity index (χ1v) is 13.4. The normalized spacial score (nSPS) is 32.5. The molecule has 0 aromatic heterocycles. The Bertz CT molecular complexity index is 808. The van der Waals surface area contributed by atoms with Crippen molar-refractivity contribution in [3.8, 4) is 5.75 Å². The second kappa shape index (κ2) is 11.7. The minimum absolute atomic E-state index is 0.0156. The van der Waals surface area contributed by atoms with E-state index in [0.717, 1.165) is 55.3 Å². The number of benzene rings is 1. The van der Waals surface area contributed by atoms with Gasteiger partial charge in [-0.25, -0.2) is 4.39 Å². The van der Waals surface area contributed by atoms with Crippen molar-refractivity contribution in [3.05, 3.63) is 54.1 Å². The van der Waals surface area contributed by atoms with Gasteiger partial charge in [-0.1, -0.05) is 37.3 Å². The minimum Gasteiger partial charge on any atom is -0.486 e. The summed E-state index contributed by atoms with van der Waals surface area (Å²) in [5, 5.41) is 0. The van der Waals surface area contributed by atoms with E-state index < -0.39 is 11.6 Å². The predicted octanol–water partition coefficient (Wildman–Crippen LogP) is 8.99. The van der Waals surface area contributed by atoms with Crippen LogP contribution in [0.3, 0.4) is 0 Å². The summed E-state index contributed by atoms with van der Waals surface area (Å²) in [7, 11) is 0. The van der Waals surface area contributed by atoms with E-state index >= 15 is 0 Å². The van der Waals surface area contributed by atoms with Crippen LogP contribution in [-0.4, -0.2) is 6.61 Å². The number of halogens is 2. The van der Waals surface area contributed by atoms with Gasteiger partial charge in [-0.15, -0.1) is 0 Å². The van der Waals surface area contributed by atoms with Crippen LogP contribution in [0.15, 0.2) is 36.9 Å². The topological polar surface area (TPSA) is 9.23 Å². The highest BCUT2D eigenvalue weighted by molar-refractivity contribution is 5.33. The second-order valence-corrected chi connectivity index (χ2v) is 10.9. The summed E-state index contributed by atoms with van der Waals surface area (Å²) in [6.45, 7) is 5.86. The largest absolute Gasteiger partial charge is 0.486 e. The Hall–Kier alpha value is -1.64. The average Bonchev–Trinajstić information content (AvgIpc) is 2.85. The first-order chi connectivity index (χ1) is 16.1. The maximum Gasteiger partial charge on any atom is 0.200 e. The first kappa shape index (κ1) is 24.5. The van der Waals surface area contributed by atoms with Crippen molar-refractivity contribution < 1.29 is 13.5 Å². The van der Waals surface area contributed by atoms with Crippen LogP contribution in [-0.2, 0) is 0 Å². The van der Waals surface area contributed by atoms with Crippen LogP contribution in [0.25, 0.3) is 0 Å². The van der Waals surface area contributed by atoms with Crippen molar-refractivity contribution in [1.82, 2.24) is 0 Å². The van der Waals surface area contributed by atoms with Crippen LogP contribution in [0, 0.1) is 41.2 Å². The zero-order chi connectivity index (χ0) is 23.2. The molecule has 1 aromatic carbocycles. The van der Waals surface area contributed by atoms with E-state index in [1.54, 1.807) is 12.1 Å². The standard InChI is InChI=1S/C30H42F2O/c1-3-5-6-7-21-8-9-26-20-25(15-14-24(26)19-21)22-10-12-23(13-11-22)27-16-17-28(33-18-4-2)30(32)29(27)31/h3-5,16-17,21-26H,2,6-15,18-20H2,1H3/b5-3+. The molecule has 0 N–H and O–H groups in total. The van der Waals surface area contributed by atoms with Crippen LogP contribution in [0.2, 0.25) is 0 Å². The van der Waals surface area contributed by atoms with Gasteiger partial charge in [-0.2, -0.15) is 4.39 Å². The van der Waals surface area contributed by atoms with Gasteiger partial charge in [-0.3, -0.25) is 0 Å². The molecule has 182 valence electrons. The summed E-state index contributed by atoms with van der Waals surface area (Å²) in [6.07, 6.45) is 21.5. The SMILES string of the molecule is C=CCOc1ccc(C2CCC(C3CCC4CC(CC/C=C/C)CCC4C3)CC2)c(F)c1F. The summed E-state index contributed by atoms with van der Waals surface area (Å²) in [5.41, 5.74) is 0.539. The van der Waals surface area contributed by atoms with Gasteiger partial charge in [0.1, 0.15) is 6.61 Å². The van der Waals surface area contributed by atoms with Gasteiger partial charge in [0.25, 0.3) is 0 Å². The Kier molecular flexibility index (Phi) is 8.66. The number of rotatable bonds is 8. The molecule has 0 spiro atoms. The van der Waals surface area contributed by atoms with E-state index in [-0.39, 0.29) is 18.3 Å². The van der Waals surface area contributed by atoms with Crippen LogP contribution >= 0.6 is 0 Å². The Morgan fingerprint density at radius 1 is 0.879 bits per heavy atom.